The van der Waals surface area contributed by atoms with Crippen LogP contribution in [-0.4, -0.2) is 21.1 Å². The van der Waals surface area contributed by atoms with E-state index >= 15 is 0 Å². The lowest BCUT2D eigenvalue weighted by Gasteiger charge is -2.52. The van der Waals surface area contributed by atoms with E-state index in [4.69, 9.17) is 4.74 Å². The molecule has 0 aromatic carbocycles. The normalized spacial score (nSPS) is 34.0. The molecule has 1 aliphatic heterocycles. The van der Waals surface area contributed by atoms with Gasteiger partial charge in [0, 0.05) is 5.41 Å². The van der Waals surface area contributed by atoms with Crippen molar-refractivity contribution in [2.24, 2.45) is 5.41 Å². The van der Waals surface area contributed by atoms with Gasteiger partial charge in [-0.2, -0.15) is 0 Å². The van der Waals surface area contributed by atoms with Crippen molar-refractivity contribution in [1.29, 1.82) is 0 Å². The third-order valence-electron chi connectivity index (χ3n) is 2.38. The van der Waals surface area contributed by atoms with E-state index in [0.717, 1.165) is 19.0 Å². The van der Waals surface area contributed by atoms with Crippen molar-refractivity contribution >= 4 is 7.85 Å². The van der Waals surface area contributed by atoms with Crippen LogP contribution in [-0.2, 0) is 4.74 Å². The van der Waals surface area contributed by atoms with Gasteiger partial charge in [0.25, 0.3) is 0 Å². The van der Waals surface area contributed by atoms with Gasteiger partial charge in [0.15, 0.2) is 0 Å². The van der Waals surface area contributed by atoms with Crippen LogP contribution >= 0.6 is 0 Å². The van der Waals surface area contributed by atoms with Crippen molar-refractivity contribution in [3.05, 3.63) is 0 Å². The van der Waals surface area contributed by atoms with Crippen molar-refractivity contribution in [2.75, 3.05) is 13.2 Å². The summed E-state index contributed by atoms with van der Waals surface area (Å²) in [6.07, 6.45) is 2.85. The maximum atomic E-state index is 5.13. The zero-order valence-corrected chi connectivity index (χ0v) is 5.31. The number of rotatable bonds is 0. The third-order valence-corrected chi connectivity index (χ3v) is 2.38. The molecule has 0 atom stereocenters. The van der Waals surface area contributed by atoms with Crippen LogP contribution in [0.25, 0.3) is 0 Å². The molecule has 2 fully saturated rings. The minimum absolute atomic E-state index is 0.694. The summed E-state index contributed by atoms with van der Waals surface area (Å²) in [6, 6.07) is 0. The first kappa shape index (κ1) is 4.86. The standard InChI is InChI=1S/C6H11BO/c7-5-1-6(2-5)3-8-4-6/h5H,1-4,7H2. The fraction of sp³-hybridized carbons (Fsp3) is 1.00. The molecule has 2 aliphatic rings. The number of ether oxygens (including phenoxy) is 1. The summed E-state index contributed by atoms with van der Waals surface area (Å²) in [6.45, 7) is 2.11. The molecule has 44 valence electrons. The third kappa shape index (κ3) is 0.468. The Morgan fingerprint density at radius 2 is 2.00 bits per heavy atom. The van der Waals surface area contributed by atoms with Crippen molar-refractivity contribution in [1.82, 2.24) is 0 Å². The zero-order valence-electron chi connectivity index (χ0n) is 5.31. The summed E-state index contributed by atoms with van der Waals surface area (Å²) in [5.41, 5.74) is 0.694. The Morgan fingerprint density at radius 1 is 1.38 bits per heavy atom. The van der Waals surface area contributed by atoms with Gasteiger partial charge >= 0.3 is 0 Å². The quantitative estimate of drug-likeness (QED) is 0.405. The molecule has 0 bridgehead atoms. The van der Waals surface area contributed by atoms with Crippen LogP contribution in [0.4, 0.5) is 0 Å². The van der Waals surface area contributed by atoms with E-state index in [1.54, 1.807) is 0 Å². The van der Waals surface area contributed by atoms with Crippen LogP contribution < -0.4 is 0 Å². The van der Waals surface area contributed by atoms with Crippen molar-refractivity contribution in [3.63, 3.8) is 0 Å². The fourth-order valence-electron chi connectivity index (χ4n) is 2.05. The van der Waals surface area contributed by atoms with E-state index in [-0.39, 0.29) is 0 Å². The summed E-state index contributed by atoms with van der Waals surface area (Å²) >= 11 is 0. The summed E-state index contributed by atoms with van der Waals surface area (Å²) < 4.78 is 5.13. The maximum absolute atomic E-state index is 5.13. The van der Waals surface area contributed by atoms with E-state index in [2.05, 4.69) is 7.85 Å². The molecule has 1 nitrogen and oxygen atoms in total. The average Bonchev–Trinajstić information content (AvgIpc) is 1.51. The van der Waals surface area contributed by atoms with Gasteiger partial charge in [-0.15, -0.1) is 0 Å². The average molecular weight is 110 g/mol. The molecule has 0 N–H and O–H groups in total. The molecule has 0 amide bonds. The van der Waals surface area contributed by atoms with Crippen LogP contribution in [0.15, 0.2) is 0 Å². The molecule has 1 heterocycles. The van der Waals surface area contributed by atoms with Crippen molar-refractivity contribution in [2.45, 2.75) is 18.7 Å². The Bertz CT molecular complexity index is 101. The van der Waals surface area contributed by atoms with Gasteiger partial charge in [0.1, 0.15) is 7.85 Å². The highest BCUT2D eigenvalue weighted by Gasteiger charge is 2.47. The number of hydrogen-bond acceptors (Lipinski definition) is 1. The molecule has 1 aliphatic carbocycles. The highest BCUT2D eigenvalue weighted by atomic mass is 16.5. The van der Waals surface area contributed by atoms with Crippen molar-refractivity contribution < 1.29 is 4.74 Å². The first-order chi connectivity index (χ1) is 3.81. The molecular weight excluding hydrogens is 98.9 g/mol. The molecular formula is C6H11BO. The Morgan fingerprint density at radius 3 is 2.12 bits per heavy atom. The summed E-state index contributed by atoms with van der Waals surface area (Å²) in [5, 5.41) is 0. The van der Waals surface area contributed by atoms with Gasteiger partial charge < -0.3 is 4.74 Å². The smallest absolute Gasteiger partial charge is 0.105 e. The predicted octanol–water partition coefficient (Wildman–Crippen LogP) is 0.218. The Labute approximate surface area is 50.8 Å². The van der Waals surface area contributed by atoms with Crippen LogP contribution in [0, 0.1) is 5.41 Å². The molecule has 0 aromatic heterocycles. The van der Waals surface area contributed by atoms with Crippen LogP contribution in [0.3, 0.4) is 0 Å². The molecule has 8 heavy (non-hydrogen) atoms. The minimum Gasteiger partial charge on any atom is -0.380 e. The van der Waals surface area contributed by atoms with Gasteiger partial charge in [-0.05, 0) is 12.8 Å². The number of hydrogen-bond donors (Lipinski definition) is 0. The van der Waals surface area contributed by atoms with E-state index in [1.165, 1.54) is 12.8 Å². The fourth-order valence-corrected chi connectivity index (χ4v) is 2.05. The summed E-state index contributed by atoms with van der Waals surface area (Å²) in [7, 11) is 2.32. The highest BCUT2D eigenvalue weighted by Crippen LogP contribution is 2.52. The lowest BCUT2D eigenvalue weighted by atomic mass is 9.54. The van der Waals surface area contributed by atoms with E-state index in [1.807, 2.05) is 0 Å². The lowest BCUT2D eigenvalue weighted by Crippen LogP contribution is -2.50. The first-order valence-corrected chi connectivity index (χ1v) is 3.39. The Hall–Kier alpha value is 0.0249. The van der Waals surface area contributed by atoms with Gasteiger partial charge in [-0.1, -0.05) is 5.82 Å². The monoisotopic (exact) mass is 110 g/mol. The molecule has 2 heteroatoms. The van der Waals surface area contributed by atoms with Gasteiger partial charge in [0.05, 0.1) is 13.2 Å². The van der Waals surface area contributed by atoms with Gasteiger partial charge in [0.2, 0.25) is 0 Å². The molecule has 1 spiro atoms. The molecule has 1 saturated heterocycles. The summed E-state index contributed by atoms with van der Waals surface area (Å²) in [4.78, 5) is 0. The molecule has 1 saturated carbocycles. The maximum Gasteiger partial charge on any atom is 0.105 e. The minimum atomic E-state index is 0.694. The van der Waals surface area contributed by atoms with Crippen molar-refractivity contribution in [3.8, 4) is 0 Å². The molecule has 2 rings (SSSR count). The topological polar surface area (TPSA) is 9.23 Å². The van der Waals surface area contributed by atoms with Gasteiger partial charge in [-0.25, -0.2) is 0 Å². The zero-order chi connectivity index (χ0) is 5.61. The second kappa shape index (κ2) is 1.30. The molecule has 0 unspecified atom stereocenters. The van der Waals surface area contributed by atoms with Crippen LogP contribution in [0.5, 0.6) is 0 Å². The SMILES string of the molecule is BC1CC2(COC2)C1. The second-order valence-corrected chi connectivity index (χ2v) is 3.51. The Balaban J connectivity index is 1.92. The molecule has 0 radical (unpaired) electrons. The second-order valence-electron chi connectivity index (χ2n) is 3.51. The summed E-state index contributed by atoms with van der Waals surface area (Å²) in [5.74, 6) is 0.985. The van der Waals surface area contributed by atoms with E-state index in [9.17, 15) is 0 Å². The predicted molar refractivity (Wildman–Crippen MR) is 34.8 cm³/mol. The van der Waals surface area contributed by atoms with Crippen LogP contribution in [0.1, 0.15) is 12.8 Å². The largest absolute Gasteiger partial charge is 0.380 e. The van der Waals surface area contributed by atoms with E-state index < -0.39 is 0 Å². The molecule has 0 aromatic rings. The van der Waals surface area contributed by atoms with Gasteiger partial charge in [-0.3, -0.25) is 0 Å². The first-order valence-electron chi connectivity index (χ1n) is 3.39. The highest BCUT2D eigenvalue weighted by molar-refractivity contribution is 6.12. The lowest BCUT2D eigenvalue weighted by molar-refractivity contribution is -0.154. The Kier molecular flexibility index (Phi) is 0.788. The van der Waals surface area contributed by atoms with Crippen LogP contribution in [0.2, 0.25) is 5.82 Å². The van der Waals surface area contributed by atoms with E-state index in [0.29, 0.717) is 5.41 Å².